The lowest BCUT2D eigenvalue weighted by Crippen LogP contribution is -2.04. The molecular formula is C13H7ClF2O. The Balaban J connectivity index is 2.44. The Labute approximate surface area is 102 Å². The number of carbonyl (C=O) groups excluding carboxylic acids is 1. The third kappa shape index (κ3) is 2.34. The fourth-order valence-electron chi connectivity index (χ4n) is 1.44. The zero-order valence-electron chi connectivity index (χ0n) is 8.58. The van der Waals surface area contributed by atoms with E-state index in [0.717, 1.165) is 6.07 Å². The van der Waals surface area contributed by atoms with E-state index in [2.05, 4.69) is 0 Å². The first kappa shape index (κ1) is 11.7. The number of benzene rings is 2. The van der Waals surface area contributed by atoms with Crippen molar-refractivity contribution in [2.24, 2.45) is 0 Å². The van der Waals surface area contributed by atoms with Gasteiger partial charge in [-0.3, -0.25) is 4.79 Å². The summed E-state index contributed by atoms with van der Waals surface area (Å²) >= 11 is 5.50. The van der Waals surface area contributed by atoms with Gasteiger partial charge in [-0.15, -0.1) is 0 Å². The molecule has 0 N–H and O–H groups in total. The molecule has 0 saturated carbocycles. The lowest BCUT2D eigenvalue weighted by atomic mass is 10.0. The van der Waals surface area contributed by atoms with Crippen LogP contribution in [0.25, 0.3) is 0 Å². The molecule has 0 saturated heterocycles. The second-order valence-corrected chi connectivity index (χ2v) is 3.85. The maximum atomic E-state index is 13.4. The van der Waals surface area contributed by atoms with Crippen LogP contribution in [0.5, 0.6) is 0 Å². The highest BCUT2D eigenvalue weighted by atomic mass is 35.5. The van der Waals surface area contributed by atoms with E-state index in [1.54, 1.807) is 6.07 Å². The molecular weight excluding hydrogens is 246 g/mol. The second kappa shape index (κ2) is 4.63. The van der Waals surface area contributed by atoms with Gasteiger partial charge in [0.15, 0.2) is 5.78 Å². The van der Waals surface area contributed by atoms with E-state index >= 15 is 0 Å². The number of ketones is 1. The van der Waals surface area contributed by atoms with Crippen LogP contribution in [0.15, 0.2) is 42.5 Å². The van der Waals surface area contributed by atoms with Crippen LogP contribution in [0.3, 0.4) is 0 Å². The SMILES string of the molecule is O=C(c1ccc(Cl)c(F)c1)c1ccccc1F. The van der Waals surface area contributed by atoms with E-state index in [1.807, 2.05) is 0 Å². The first-order valence-electron chi connectivity index (χ1n) is 4.84. The standard InChI is InChI=1S/C13H7ClF2O/c14-10-6-5-8(7-12(10)16)13(17)9-3-1-2-4-11(9)15/h1-7H. The van der Waals surface area contributed by atoms with Crippen molar-refractivity contribution in [2.45, 2.75) is 0 Å². The van der Waals surface area contributed by atoms with E-state index in [0.29, 0.717) is 0 Å². The lowest BCUT2D eigenvalue weighted by Gasteiger charge is -2.03. The van der Waals surface area contributed by atoms with Gasteiger partial charge in [-0.1, -0.05) is 23.7 Å². The van der Waals surface area contributed by atoms with Crippen LogP contribution in [-0.2, 0) is 0 Å². The van der Waals surface area contributed by atoms with Crippen molar-refractivity contribution < 1.29 is 13.6 Å². The van der Waals surface area contributed by atoms with Gasteiger partial charge in [0.25, 0.3) is 0 Å². The number of halogens is 3. The Morgan fingerprint density at radius 3 is 2.35 bits per heavy atom. The molecule has 0 amide bonds. The second-order valence-electron chi connectivity index (χ2n) is 3.44. The van der Waals surface area contributed by atoms with Gasteiger partial charge >= 0.3 is 0 Å². The Morgan fingerprint density at radius 1 is 1.00 bits per heavy atom. The highest BCUT2D eigenvalue weighted by Gasteiger charge is 2.14. The molecule has 2 aromatic rings. The van der Waals surface area contributed by atoms with Crippen LogP contribution < -0.4 is 0 Å². The van der Waals surface area contributed by atoms with Crippen LogP contribution >= 0.6 is 11.6 Å². The molecule has 0 aliphatic heterocycles. The zero-order chi connectivity index (χ0) is 12.4. The summed E-state index contributed by atoms with van der Waals surface area (Å²) in [6.07, 6.45) is 0. The Morgan fingerprint density at radius 2 is 1.71 bits per heavy atom. The van der Waals surface area contributed by atoms with Crippen molar-refractivity contribution in [3.8, 4) is 0 Å². The number of hydrogen-bond acceptors (Lipinski definition) is 1. The van der Waals surface area contributed by atoms with Crippen LogP contribution in [0.4, 0.5) is 8.78 Å². The van der Waals surface area contributed by atoms with Gasteiger partial charge in [0, 0.05) is 5.56 Å². The molecule has 0 aromatic heterocycles. The predicted molar refractivity (Wildman–Crippen MR) is 61.2 cm³/mol. The van der Waals surface area contributed by atoms with E-state index in [4.69, 9.17) is 11.6 Å². The Bertz CT molecular complexity index is 581. The van der Waals surface area contributed by atoms with Gasteiger partial charge in [-0.2, -0.15) is 0 Å². The van der Waals surface area contributed by atoms with Crippen molar-refractivity contribution in [1.29, 1.82) is 0 Å². The van der Waals surface area contributed by atoms with Gasteiger partial charge in [-0.25, -0.2) is 8.78 Å². The minimum absolute atomic E-state index is 0.0667. The van der Waals surface area contributed by atoms with Gasteiger partial charge in [-0.05, 0) is 30.3 Å². The van der Waals surface area contributed by atoms with E-state index in [1.165, 1.54) is 30.3 Å². The molecule has 0 radical (unpaired) electrons. The average Bonchev–Trinajstić information content (AvgIpc) is 2.32. The van der Waals surface area contributed by atoms with Crippen LogP contribution in [0, 0.1) is 11.6 Å². The van der Waals surface area contributed by atoms with Gasteiger partial charge < -0.3 is 0 Å². The third-order valence-electron chi connectivity index (χ3n) is 2.30. The number of hydrogen-bond donors (Lipinski definition) is 0. The fraction of sp³-hybridized carbons (Fsp3) is 0. The molecule has 17 heavy (non-hydrogen) atoms. The van der Waals surface area contributed by atoms with Crippen LogP contribution in [0.2, 0.25) is 5.02 Å². The normalized spacial score (nSPS) is 10.3. The van der Waals surface area contributed by atoms with Crippen LogP contribution in [0.1, 0.15) is 15.9 Å². The molecule has 0 aliphatic rings. The van der Waals surface area contributed by atoms with E-state index < -0.39 is 17.4 Å². The molecule has 0 bridgehead atoms. The molecule has 86 valence electrons. The largest absolute Gasteiger partial charge is 0.288 e. The summed E-state index contributed by atoms with van der Waals surface area (Å²) in [5, 5.41) is -0.0740. The topological polar surface area (TPSA) is 17.1 Å². The number of rotatable bonds is 2. The van der Waals surface area contributed by atoms with Gasteiger partial charge in [0.1, 0.15) is 11.6 Å². The molecule has 2 rings (SSSR count). The van der Waals surface area contributed by atoms with Gasteiger partial charge in [0.2, 0.25) is 0 Å². The minimum Gasteiger partial charge on any atom is -0.288 e. The molecule has 0 aliphatic carbocycles. The summed E-state index contributed by atoms with van der Waals surface area (Å²) < 4.78 is 26.5. The predicted octanol–water partition coefficient (Wildman–Crippen LogP) is 3.85. The Kier molecular flexibility index (Phi) is 3.20. The Hall–Kier alpha value is -1.74. The monoisotopic (exact) mass is 252 g/mol. The third-order valence-corrected chi connectivity index (χ3v) is 2.61. The molecule has 0 atom stereocenters. The van der Waals surface area contributed by atoms with E-state index in [9.17, 15) is 13.6 Å². The fourth-order valence-corrected chi connectivity index (χ4v) is 1.56. The summed E-state index contributed by atoms with van der Waals surface area (Å²) in [5.74, 6) is -1.90. The quantitative estimate of drug-likeness (QED) is 0.742. The maximum Gasteiger partial charge on any atom is 0.196 e. The molecule has 4 heteroatoms. The maximum absolute atomic E-state index is 13.4. The molecule has 2 aromatic carbocycles. The van der Waals surface area contributed by atoms with Crippen molar-refractivity contribution in [2.75, 3.05) is 0 Å². The highest BCUT2D eigenvalue weighted by molar-refractivity contribution is 6.30. The molecule has 1 nitrogen and oxygen atoms in total. The van der Waals surface area contributed by atoms with Crippen molar-refractivity contribution in [3.05, 3.63) is 70.2 Å². The zero-order valence-corrected chi connectivity index (χ0v) is 9.34. The first-order valence-corrected chi connectivity index (χ1v) is 5.21. The van der Waals surface area contributed by atoms with Crippen LogP contribution in [-0.4, -0.2) is 5.78 Å². The molecule has 0 spiro atoms. The van der Waals surface area contributed by atoms with Crippen molar-refractivity contribution in [3.63, 3.8) is 0 Å². The summed E-state index contributed by atoms with van der Waals surface area (Å²) in [5.41, 5.74) is -0.0220. The minimum atomic E-state index is -0.700. The summed E-state index contributed by atoms with van der Waals surface area (Å²) in [6.45, 7) is 0. The highest BCUT2D eigenvalue weighted by Crippen LogP contribution is 2.19. The van der Waals surface area contributed by atoms with Crippen molar-refractivity contribution in [1.82, 2.24) is 0 Å². The molecule has 0 unspecified atom stereocenters. The lowest BCUT2D eigenvalue weighted by molar-refractivity contribution is 0.103. The first-order chi connectivity index (χ1) is 8.09. The summed E-state index contributed by atoms with van der Waals surface area (Å²) in [6, 6.07) is 9.18. The van der Waals surface area contributed by atoms with Crippen molar-refractivity contribution >= 4 is 17.4 Å². The van der Waals surface area contributed by atoms with Gasteiger partial charge in [0.05, 0.1) is 10.6 Å². The summed E-state index contributed by atoms with van der Waals surface area (Å²) in [7, 11) is 0. The van der Waals surface area contributed by atoms with E-state index in [-0.39, 0.29) is 16.1 Å². The average molecular weight is 253 g/mol. The molecule has 0 fully saturated rings. The number of carbonyl (C=O) groups is 1. The molecule has 0 heterocycles. The smallest absolute Gasteiger partial charge is 0.196 e. The summed E-state index contributed by atoms with van der Waals surface area (Å²) in [4.78, 5) is 11.9.